The molecule has 0 aliphatic heterocycles. The van der Waals surface area contributed by atoms with Gasteiger partial charge in [0.05, 0.1) is 19.1 Å². The minimum absolute atomic E-state index is 0.153. The second kappa shape index (κ2) is 11.0. The summed E-state index contributed by atoms with van der Waals surface area (Å²) in [4.78, 5) is 27.4. The van der Waals surface area contributed by atoms with Gasteiger partial charge in [-0.25, -0.2) is 8.42 Å². The zero-order valence-corrected chi connectivity index (χ0v) is 20.0. The molecule has 0 aliphatic rings. The van der Waals surface area contributed by atoms with Gasteiger partial charge in [-0.15, -0.1) is 0 Å². The van der Waals surface area contributed by atoms with Crippen molar-refractivity contribution in [3.05, 3.63) is 59.7 Å². The Morgan fingerprint density at radius 3 is 2.28 bits per heavy atom. The SMILES string of the molecule is CC[C@H](C(=O)NC)N(Cc1ccc(OC)cc1)C(=O)CN(c1cccc(C)c1)S(C)(=O)=O. The molecular weight excluding hydrogens is 430 g/mol. The first kappa shape index (κ1) is 25.2. The molecule has 2 aromatic rings. The predicted octanol–water partition coefficient (Wildman–Crippen LogP) is 2.32. The molecular formula is C23H31N3O5S. The smallest absolute Gasteiger partial charge is 0.244 e. The molecule has 0 unspecified atom stereocenters. The van der Waals surface area contributed by atoms with Gasteiger partial charge in [-0.1, -0.05) is 31.2 Å². The van der Waals surface area contributed by atoms with Crippen molar-refractivity contribution in [2.24, 2.45) is 0 Å². The Morgan fingerprint density at radius 2 is 1.78 bits per heavy atom. The van der Waals surface area contributed by atoms with Crippen molar-refractivity contribution in [1.82, 2.24) is 10.2 Å². The van der Waals surface area contributed by atoms with Gasteiger partial charge in [0, 0.05) is 13.6 Å². The zero-order chi connectivity index (χ0) is 23.9. The maximum Gasteiger partial charge on any atom is 0.244 e. The van der Waals surface area contributed by atoms with E-state index in [9.17, 15) is 18.0 Å². The fraction of sp³-hybridized carbons (Fsp3) is 0.391. The molecule has 32 heavy (non-hydrogen) atoms. The monoisotopic (exact) mass is 461 g/mol. The van der Waals surface area contributed by atoms with Crippen LogP contribution < -0.4 is 14.4 Å². The van der Waals surface area contributed by atoms with Crippen LogP contribution in [-0.2, 0) is 26.2 Å². The van der Waals surface area contributed by atoms with E-state index in [1.807, 2.05) is 32.0 Å². The number of aryl methyl sites for hydroxylation is 1. The number of hydrogen-bond acceptors (Lipinski definition) is 5. The first-order chi connectivity index (χ1) is 15.1. The van der Waals surface area contributed by atoms with Gasteiger partial charge in [-0.05, 0) is 48.7 Å². The summed E-state index contributed by atoms with van der Waals surface area (Å²) >= 11 is 0. The third-order valence-electron chi connectivity index (χ3n) is 5.11. The topological polar surface area (TPSA) is 96.0 Å². The van der Waals surface area contributed by atoms with E-state index >= 15 is 0 Å². The number of hydrogen-bond donors (Lipinski definition) is 1. The molecule has 0 fully saturated rings. The van der Waals surface area contributed by atoms with Gasteiger partial charge >= 0.3 is 0 Å². The minimum Gasteiger partial charge on any atom is -0.497 e. The summed E-state index contributed by atoms with van der Waals surface area (Å²) < 4.78 is 31.3. The Balaban J connectivity index is 2.41. The Kier molecular flexibility index (Phi) is 8.65. The lowest BCUT2D eigenvalue weighted by atomic mass is 10.1. The molecule has 8 nitrogen and oxygen atoms in total. The zero-order valence-electron chi connectivity index (χ0n) is 19.2. The van der Waals surface area contributed by atoms with Crippen LogP contribution in [0, 0.1) is 6.92 Å². The van der Waals surface area contributed by atoms with Crippen LogP contribution in [0.3, 0.4) is 0 Å². The van der Waals surface area contributed by atoms with Crippen LogP contribution in [0.25, 0.3) is 0 Å². The number of nitrogens with zero attached hydrogens (tertiary/aromatic N) is 2. The van der Waals surface area contributed by atoms with Crippen LogP contribution in [0.15, 0.2) is 48.5 Å². The van der Waals surface area contributed by atoms with E-state index in [-0.39, 0.29) is 12.5 Å². The van der Waals surface area contributed by atoms with Crippen LogP contribution in [0.1, 0.15) is 24.5 Å². The number of carbonyl (C=O) groups excluding carboxylic acids is 2. The standard InChI is InChI=1S/C23H31N3O5S/c1-6-21(23(28)24-3)25(15-18-10-12-20(31-4)13-11-18)22(27)16-26(32(5,29)30)19-9-7-8-17(2)14-19/h7-14,21H,6,15-16H2,1-5H3,(H,24,28)/t21-/m1/s1. The second-order valence-corrected chi connectivity index (χ2v) is 9.42. The van der Waals surface area contributed by atoms with E-state index in [0.29, 0.717) is 17.9 Å². The van der Waals surface area contributed by atoms with Crippen LogP contribution >= 0.6 is 0 Å². The highest BCUT2D eigenvalue weighted by Crippen LogP contribution is 2.21. The number of carbonyl (C=O) groups is 2. The van der Waals surface area contributed by atoms with E-state index in [1.165, 1.54) is 11.9 Å². The number of nitrogens with one attached hydrogen (secondary N) is 1. The quantitative estimate of drug-likeness (QED) is 0.586. The van der Waals surface area contributed by atoms with Crippen molar-refractivity contribution in [2.45, 2.75) is 32.9 Å². The van der Waals surface area contributed by atoms with Gasteiger partial charge in [-0.2, -0.15) is 0 Å². The molecule has 1 atom stereocenters. The Hall–Kier alpha value is -3.07. The molecule has 0 radical (unpaired) electrons. The Labute approximate surface area is 190 Å². The molecule has 2 rings (SSSR count). The minimum atomic E-state index is -3.73. The Bertz CT molecular complexity index is 1040. The molecule has 1 N–H and O–H groups in total. The summed E-state index contributed by atoms with van der Waals surface area (Å²) in [5.41, 5.74) is 2.07. The number of benzene rings is 2. The van der Waals surface area contributed by atoms with Gasteiger partial charge < -0.3 is 15.0 Å². The van der Waals surface area contributed by atoms with E-state index in [2.05, 4.69) is 5.32 Å². The summed E-state index contributed by atoms with van der Waals surface area (Å²) in [6.45, 7) is 3.40. The molecule has 0 saturated heterocycles. The van der Waals surface area contributed by atoms with E-state index in [0.717, 1.165) is 21.7 Å². The van der Waals surface area contributed by atoms with E-state index in [1.54, 1.807) is 37.4 Å². The van der Waals surface area contributed by atoms with Crippen LogP contribution in [0.4, 0.5) is 5.69 Å². The summed E-state index contributed by atoms with van der Waals surface area (Å²) in [6, 6.07) is 13.4. The van der Waals surface area contributed by atoms with E-state index in [4.69, 9.17) is 4.74 Å². The van der Waals surface area contributed by atoms with Crippen molar-refractivity contribution >= 4 is 27.5 Å². The second-order valence-electron chi connectivity index (χ2n) is 7.52. The number of rotatable bonds is 10. The van der Waals surface area contributed by atoms with Crippen LogP contribution in [-0.4, -0.2) is 58.1 Å². The molecule has 9 heteroatoms. The molecule has 174 valence electrons. The normalized spacial score (nSPS) is 12.0. The average Bonchev–Trinajstić information content (AvgIpc) is 2.76. The molecule has 2 aromatic carbocycles. The summed E-state index contributed by atoms with van der Waals surface area (Å²) in [5, 5.41) is 2.59. The fourth-order valence-electron chi connectivity index (χ4n) is 3.41. The number of amides is 2. The van der Waals surface area contributed by atoms with Crippen LogP contribution in [0.2, 0.25) is 0 Å². The third kappa shape index (κ3) is 6.46. The summed E-state index contributed by atoms with van der Waals surface area (Å²) in [6.07, 6.45) is 1.44. The van der Waals surface area contributed by atoms with E-state index < -0.39 is 28.5 Å². The van der Waals surface area contributed by atoms with Crippen molar-refractivity contribution in [1.29, 1.82) is 0 Å². The maximum absolute atomic E-state index is 13.4. The highest BCUT2D eigenvalue weighted by atomic mass is 32.2. The number of sulfonamides is 1. The third-order valence-corrected chi connectivity index (χ3v) is 6.25. The fourth-order valence-corrected chi connectivity index (χ4v) is 4.25. The molecule has 0 heterocycles. The molecule has 0 aliphatic carbocycles. The van der Waals surface area contributed by atoms with Crippen molar-refractivity contribution in [3.63, 3.8) is 0 Å². The number of ether oxygens (including phenoxy) is 1. The maximum atomic E-state index is 13.4. The van der Waals surface area contributed by atoms with Crippen LogP contribution in [0.5, 0.6) is 5.75 Å². The lowest BCUT2D eigenvalue weighted by molar-refractivity contribution is -0.140. The highest BCUT2D eigenvalue weighted by molar-refractivity contribution is 7.92. The molecule has 0 aromatic heterocycles. The lowest BCUT2D eigenvalue weighted by Gasteiger charge is -2.32. The summed E-state index contributed by atoms with van der Waals surface area (Å²) in [5.74, 6) is -0.105. The average molecular weight is 462 g/mol. The summed E-state index contributed by atoms with van der Waals surface area (Å²) in [7, 11) is -0.660. The number of anilines is 1. The molecule has 0 saturated carbocycles. The highest BCUT2D eigenvalue weighted by Gasteiger charge is 2.31. The van der Waals surface area contributed by atoms with Gasteiger partial charge in [0.15, 0.2) is 0 Å². The van der Waals surface area contributed by atoms with Crippen molar-refractivity contribution < 1.29 is 22.7 Å². The molecule has 2 amide bonds. The van der Waals surface area contributed by atoms with Gasteiger partial charge in [0.25, 0.3) is 0 Å². The lowest BCUT2D eigenvalue weighted by Crippen LogP contribution is -2.51. The van der Waals surface area contributed by atoms with Crippen molar-refractivity contribution in [2.75, 3.05) is 31.3 Å². The first-order valence-electron chi connectivity index (χ1n) is 10.3. The first-order valence-corrected chi connectivity index (χ1v) is 12.1. The number of likely N-dealkylation sites (N-methyl/N-ethyl adjacent to an activating group) is 1. The van der Waals surface area contributed by atoms with Gasteiger partial charge in [-0.3, -0.25) is 13.9 Å². The predicted molar refractivity (Wildman–Crippen MR) is 125 cm³/mol. The molecule has 0 bridgehead atoms. The van der Waals surface area contributed by atoms with Crippen molar-refractivity contribution in [3.8, 4) is 5.75 Å². The molecule has 0 spiro atoms. The Morgan fingerprint density at radius 1 is 1.12 bits per heavy atom. The largest absolute Gasteiger partial charge is 0.497 e. The number of methoxy groups -OCH3 is 1. The van der Waals surface area contributed by atoms with Gasteiger partial charge in [0.2, 0.25) is 21.8 Å². The van der Waals surface area contributed by atoms with Gasteiger partial charge in [0.1, 0.15) is 18.3 Å².